The Hall–Kier alpha value is -4.70. The van der Waals surface area contributed by atoms with E-state index >= 15 is 0 Å². The molecule has 0 saturated carbocycles. The van der Waals surface area contributed by atoms with E-state index in [-0.39, 0.29) is 39.2 Å². The number of rotatable bonds is 2. The fourth-order valence-electron chi connectivity index (χ4n) is 11.7. The highest BCUT2D eigenvalue weighted by Gasteiger charge is 2.49. The van der Waals surface area contributed by atoms with E-state index in [4.69, 9.17) is 4.42 Å². The van der Waals surface area contributed by atoms with Crippen molar-refractivity contribution in [3.05, 3.63) is 123 Å². The predicted octanol–water partition coefficient (Wildman–Crippen LogP) is 14.4. The van der Waals surface area contributed by atoms with Crippen molar-refractivity contribution < 1.29 is 4.42 Å². The standard InChI is InChI=1S/C58H69BN2O/c1-34-17-22-49-39(27-34)50-52(62-49)60(38-20-18-36(19-21-38)53(3,4)5)47-29-37(54(6,7)8)30-48-51(47)59(50)44-31-41-43(58(15,16)26-24-56(41,11)12)33-46(44)61(48)45-32-42-40(28-35(45)2)55(9,10)23-25-57(42,13)14/h17-22,27-33H,23-26H2,1-16H3. The molecule has 3 heterocycles. The van der Waals surface area contributed by atoms with Gasteiger partial charge in [0, 0.05) is 39.3 Å². The Morgan fingerprint density at radius 2 is 1.00 bits per heavy atom. The first-order valence-electron chi connectivity index (χ1n) is 23.6. The summed E-state index contributed by atoms with van der Waals surface area (Å²) in [7, 11) is 0. The molecule has 0 spiro atoms. The van der Waals surface area contributed by atoms with Crippen LogP contribution in [0.2, 0.25) is 0 Å². The van der Waals surface area contributed by atoms with E-state index in [9.17, 15) is 0 Å². The quantitative estimate of drug-likeness (QED) is 0.162. The second-order valence-corrected chi connectivity index (χ2v) is 24.6. The smallest absolute Gasteiger partial charge is 0.257 e. The van der Waals surface area contributed by atoms with Crippen molar-refractivity contribution in [2.24, 2.45) is 0 Å². The molecule has 3 nitrogen and oxygen atoms in total. The zero-order valence-corrected chi connectivity index (χ0v) is 40.7. The van der Waals surface area contributed by atoms with Gasteiger partial charge in [0.25, 0.3) is 6.71 Å². The summed E-state index contributed by atoms with van der Waals surface area (Å²) in [5, 5.41) is 1.21. The molecule has 4 aliphatic rings. The number of nitrogens with zero attached hydrogens (tertiary/aromatic N) is 2. The average Bonchev–Trinajstić information content (AvgIpc) is 3.55. The fourth-order valence-corrected chi connectivity index (χ4v) is 11.7. The summed E-state index contributed by atoms with van der Waals surface area (Å²) in [5.74, 6) is 0.939. The largest absolute Gasteiger partial charge is 0.440 e. The summed E-state index contributed by atoms with van der Waals surface area (Å²) in [5.41, 5.74) is 22.7. The molecule has 2 aliphatic heterocycles. The van der Waals surface area contributed by atoms with Crippen LogP contribution in [0.3, 0.4) is 0 Å². The van der Waals surface area contributed by atoms with Gasteiger partial charge in [-0.1, -0.05) is 133 Å². The van der Waals surface area contributed by atoms with E-state index in [1.807, 2.05) is 0 Å². The molecule has 0 unspecified atom stereocenters. The van der Waals surface area contributed by atoms with Crippen molar-refractivity contribution >= 4 is 68.4 Å². The fraction of sp³-hybridized carbons (Fsp3) is 0.448. The van der Waals surface area contributed by atoms with Crippen molar-refractivity contribution in [1.82, 2.24) is 0 Å². The Morgan fingerprint density at radius 1 is 0.500 bits per heavy atom. The third-order valence-corrected chi connectivity index (χ3v) is 16.1. The number of benzene rings is 5. The molecule has 6 aromatic rings. The first-order chi connectivity index (χ1) is 28.8. The maximum Gasteiger partial charge on any atom is 0.257 e. The summed E-state index contributed by atoms with van der Waals surface area (Å²) in [4.78, 5) is 5.20. The van der Waals surface area contributed by atoms with Crippen LogP contribution in [0, 0.1) is 13.8 Å². The van der Waals surface area contributed by atoms with Crippen molar-refractivity contribution in [2.45, 2.75) is 169 Å². The SMILES string of the molecule is Cc1ccc2oc3c(c2c1)B1c2cc4c(cc2N(c2cc5c(cc2C)C(C)(C)CCC5(C)C)c2cc(C(C)(C)C)cc(c21)N3c1ccc(C(C)(C)C)cc1)C(C)(C)CCC4(C)C. The Kier molecular flexibility index (Phi) is 8.63. The number of aryl methyl sites for hydroxylation is 2. The van der Waals surface area contributed by atoms with Gasteiger partial charge in [-0.3, -0.25) is 4.90 Å². The summed E-state index contributed by atoms with van der Waals surface area (Å²) < 4.78 is 7.24. The molecule has 320 valence electrons. The lowest BCUT2D eigenvalue weighted by Crippen LogP contribution is -2.61. The van der Waals surface area contributed by atoms with Crippen LogP contribution in [-0.2, 0) is 32.5 Å². The highest BCUT2D eigenvalue weighted by Crippen LogP contribution is 2.54. The van der Waals surface area contributed by atoms with Gasteiger partial charge in [0.05, 0.1) is 0 Å². The Balaban J connectivity index is 1.38. The van der Waals surface area contributed by atoms with E-state index in [0.29, 0.717) is 0 Å². The topological polar surface area (TPSA) is 19.6 Å². The molecule has 0 fully saturated rings. The molecule has 5 aromatic carbocycles. The van der Waals surface area contributed by atoms with Gasteiger partial charge >= 0.3 is 0 Å². The van der Waals surface area contributed by atoms with E-state index in [2.05, 4.69) is 199 Å². The maximum atomic E-state index is 7.24. The number of furan rings is 1. The second kappa shape index (κ2) is 13.0. The van der Waals surface area contributed by atoms with Gasteiger partial charge in [0.2, 0.25) is 5.88 Å². The molecular formula is C58H69BN2O. The van der Waals surface area contributed by atoms with Gasteiger partial charge in [-0.05, 0) is 170 Å². The molecule has 0 radical (unpaired) electrons. The minimum atomic E-state index is -0.112. The molecule has 0 bridgehead atoms. The second-order valence-electron chi connectivity index (χ2n) is 24.6. The predicted molar refractivity (Wildman–Crippen MR) is 268 cm³/mol. The average molecular weight is 821 g/mol. The van der Waals surface area contributed by atoms with E-state index < -0.39 is 0 Å². The molecule has 4 heteroatoms. The monoisotopic (exact) mass is 821 g/mol. The molecule has 0 N–H and O–H groups in total. The van der Waals surface area contributed by atoms with Crippen LogP contribution in [0.5, 0.6) is 0 Å². The molecule has 1 aromatic heterocycles. The van der Waals surface area contributed by atoms with Gasteiger partial charge in [0.1, 0.15) is 5.58 Å². The lowest BCUT2D eigenvalue weighted by Gasteiger charge is -2.48. The highest BCUT2D eigenvalue weighted by molar-refractivity contribution is 7.01. The first kappa shape index (κ1) is 41.3. The Labute approximate surface area is 373 Å². The lowest BCUT2D eigenvalue weighted by atomic mass is 9.33. The van der Waals surface area contributed by atoms with Gasteiger partial charge < -0.3 is 9.32 Å². The van der Waals surface area contributed by atoms with Crippen LogP contribution < -0.4 is 26.2 Å². The van der Waals surface area contributed by atoms with Crippen LogP contribution in [0.1, 0.15) is 167 Å². The molecule has 0 atom stereocenters. The molecular weight excluding hydrogens is 751 g/mol. The minimum absolute atomic E-state index is 0.0251. The number of hydrogen-bond acceptors (Lipinski definition) is 3. The molecule has 62 heavy (non-hydrogen) atoms. The summed E-state index contributed by atoms with van der Waals surface area (Å²) in [6.45, 7) is 38.4. The van der Waals surface area contributed by atoms with Crippen LogP contribution in [-0.4, -0.2) is 6.71 Å². The molecule has 0 saturated heterocycles. The Bertz CT molecular complexity index is 2850. The number of fused-ring (bicyclic) bond motifs is 8. The van der Waals surface area contributed by atoms with Crippen LogP contribution in [0.4, 0.5) is 34.3 Å². The zero-order valence-electron chi connectivity index (χ0n) is 40.7. The summed E-state index contributed by atoms with van der Waals surface area (Å²) in [6.07, 6.45) is 4.72. The van der Waals surface area contributed by atoms with Crippen molar-refractivity contribution in [3.8, 4) is 0 Å². The number of anilines is 6. The highest BCUT2D eigenvalue weighted by atomic mass is 16.4. The van der Waals surface area contributed by atoms with Crippen molar-refractivity contribution in [1.29, 1.82) is 0 Å². The molecule has 2 aliphatic carbocycles. The zero-order chi connectivity index (χ0) is 44.4. The maximum absolute atomic E-state index is 7.24. The van der Waals surface area contributed by atoms with Gasteiger partial charge in [-0.15, -0.1) is 0 Å². The van der Waals surface area contributed by atoms with Crippen LogP contribution in [0.15, 0.2) is 83.3 Å². The van der Waals surface area contributed by atoms with E-state index in [1.54, 1.807) is 0 Å². The number of hydrogen-bond donors (Lipinski definition) is 0. The third-order valence-electron chi connectivity index (χ3n) is 16.1. The third kappa shape index (κ3) is 6.04. The van der Waals surface area contributed by atoms with Crippen molar-refractivity contribution in [3.63, 3.8) is 0 Å². The molecule has 0 amide bonds. The minimum Gasteiger partial charge on any atom is -0.440 e. The first-order valence-corrected chi connectivity index (χ1v) is 23.6. The van der Waals surface area contributed by atoms with Gasteiger partial charge in [-0.25, -0.2) is 0 Å². The van der Waals surface area contributed by atoms with Gasteiger partial charge in [0.15, 0.2) is 0 Å². The van der Waals surface area contributed by atoms with E-state index in [0.717, 1.165) is 17.2 Å². The van der Waals surface area contributed by atoms with Crippen LogP contribution in [0.25, 0.3) is 11.0 Å². The summed E-state index contributed by atoms with van der Waals surface area (Å²) in [6, 6.07) is 31.7. The van der Waals surface area contributed by atoms with E-state index in [1.165, 1.54) is 115 Å². The van der Waals surface area contributed by atoms with Gasteiger partial charge in [-0.2, -0.15) is 0 Å². The van der Waals surface area contributed by atoms with Crippen molar-refractivity contribution in [2.75, 3.05) is 9.80 Å². The summed E-state index contributed by atoms with van der Waals surface area (Å²) >= 11 is 0. The normalized spacial score (nSPS) is 19.1. The lowest BCUT2D eigenvalue weighted by molar-refractivity contribution is 0.331. The van der Waals surface area contributed by atoms with Crippen LogP contribution >= 0.6 is 0 Å². The molecule has 10 rings (SSSR count). The Morgan fingerprint density at radius 3 is 1.55 bits per heavy atom.